The van der Waals surface area contributed by atoms with Crippen molar-refractivity contribution in [1.82, 2.24) is 40.1 Å². The molecule has 532 valence electrons. The second kappa shape index (κ2) is 31.8. The predicted octanol–water partition coefficient (Wildman–Crippen LogP) is 3.16. The number of para-hydroxylation sites is 2. The van der Waals surface area contributed by atoms with Crippen molar-refractivity contribution in [3.05, 3.63) is 144 Å². The lowest BCUT2D eigenvalue weighted by atomic mass is 10.1. The Bertz CT molecular complexity index is 3990. The lowest BCUT2D eigenvalue weighted by molar-refractivity contribution is -0.143. The number of carbonyl (C=O) groups is 8. The minimum atomic E-state index is -4.39. The first-order valence-corrected chi connectivity index (χ1v) is 35.1. The number of carbonyl (C=O) groups excluding carboxylic acids is 7. The van der Waals surface area contributed by atoms with Gasteiger partial charge in [0.1, 0.15) is 64.0 Å². The third kappa shape index (κ3) is 17.5. The van der Waals surface area contributed by atoms with Crippen molar-refractivity contribution < 1.29 is 97.5 Å². The molecule has 4 fully saturated rings. The lowest BCUT2D eigenvalue weighted by Crippen LogP contribution is -2.56. The molecule has 8 atom stereocenters. The average molecular weight is 1420 g/mol. The number of ether oxygens (including phenoxy) is 6. The standard InChI is InChI=1S/C33H40FN5O10S.C33H38FN5O9S/c1-2-22-16-33(22,37-30(42)27-15-23(17-36-27)49-32(44)39-18-21-7-5-8-25(34)24(21)19-39)31(43)38-50(45,46)28-10-4-3-9-26(28)35-11-14-47-12-6-13-48-20-29(40)41;1-2-22-16-33(22)31(42)37-49(44,45)28-10-4-3-9-26(28)35-11-14-46-12-6-13-47-20-29(40)39-18-23(15-27(39)30(41)36-33)48-32(43)38-17-21-7-5-8-25(34)24(21)19-38/h2-5,7-10,22-23,27,35-36H,1,6,11-20H2,(H,37,42)(H,38,43)(H,40,41);2-5,7-10,22-23,27,35H,1,6,11-20H2,(H,36,41)(H,37,42)/t2*22-,23-,27+,33-/m11/s1. The number of hydrogen-bond acceptors (Lipinski definition) is 21. The molecule has 2 saturated heterocycles. The van der Waals surface area contributed by atoms with Gasteiger partial charge in [0.15, 0.2) is 0 Å². The molecule has 4 aromatic carbocycles. The van der Waals surface area contributed by atoms with Gasteiger partial charge in [0, 0.05) is 95.0 Å². The van der Waals surface area contributed by atoms with Crippen molar-refractivity contribution in [2.24, 2.45) is 11.8 Å². The molecule has 0 bridgehead atoms. The number of aliphatic carboxylic acids is 1. The van der Waals surface area contributed by atoms with Gasteiger partial charge in [-0.3, -0.25) is 33.8 Å². The Balaban J connectivity index is 0.000000214. The molecule has 0 aromatic heterocycles. The topological polar surface area (TPSA) is 374 Å². The fourth-order valence-corrected chi connectivity index (χ4v) is 14.9. The Hall–Kier alpha value is -9.12. The summed E-state index contributed by atoms with van der Waals surface area (Å²) >= 11 is 0. The van der Waals surface area contributed by atoms with E-state index < -0.39 is 121 Å². The van der Waals surface area contributed by atoms with E-state index in [1.54, 1.807) is 42.5 Å². The zero-order valence-corrected chi connectivity index (χ0v) is 55.5. The van der Waals surface area contributed by atoms with E-state index >= 15 is 0 Å². The number of halogens is 2. The first-order chi connectivity index (χ1) is 47.4. The van der Waals surface area contributed by atoms with Crippen LogP contribution < -0.4 is 36.0 Å². The van der Waals surface area contributed by atoms with E-state index in [1.807, 2.05) is 0 Å². The molecular formula is C66H78F2N10O19S2. The van der Waals surface area contributed by atoms with Gasteiger partial charge in [-0.15, -0.1) is 13.2 Å². The maximum Gasteiger partial charge on any atom is 0.410 e. The van der Waals surface area contributed by atoms with Crippen molar-refractivity contribution in [3.8, 4) is 0 Å². The third-order valence-corrected chi connectivity index (χ3v) is 20.6. The lowest BCUT2D eigenvalue weighted by Gasteiger charge is -2.26. The molecule has 7 aliphatic rings. The number of carboxylic acids is 1. The van der Waals surface area contributed by atoms with Crippen molar-refractivity contribution >= 4 is 79.1 Å². The summed E-state index contributed by atoms with van der Waals surface area (Å²) in [6.07, 6.45) is 1.19. The van der Waals surface area contributed by atoms with Crippen LogP contribution in [0.2, 0.25) is 0 Å². The Morgan fingerprint density at radius 2 is 1.42 bits per heavy atom. The first kappa shape index (κ1) is 72.6. The average Bonchev–Trinajstić information content (AvgIpc) is 1.58. The molecule has 33 heteroatoms. The van der Waals surface area contributed by atoms with Gasteiger partial charge in [0.05, 0.1) is 50.3 Å². The number of nitrogens with zero attached hydrogens (tertiary/aromatic N) is 3. The minimum Gasteiger partial charge on any atom is -0.480 e. The summed E-state index contributed by atoms with van der Waals surface area (Å²) in [7, 11) is -8.79. The molecule has 0 unspecified atom stereocenters. The number of hydrogen-bond donors (Lipinski definition) is 8. The van der Waals surface area contributed by atoms with Gasteiger partial charge >= 0.3 is 18.2 Å². The molecule has 11 rings (SSSR count). The zero-order chi connectivity index (χ0) is 70.7. The SMILES string of the molecule is C=C[C@@H]1C[C@@]12NC(=O)[C@@H]1C[C@@H](OC(=O)N3Cc4cccc(F)c4C3)CN1C(=O)COCCCOCCNc1ccccc1S(=O)(=O)NC2=O.C=C[C@@H]1C[C@]1(NC(=O)[C@@H]1C[C@@H](OC(=O)N2Cc3cccc(F)c3C2)CN1)C(=O)NS(=O)(=O)c1ccccc1NCCOCCCOCC(=O)O. The molecule has 1 spiro atoms. The zero-order valence-electron chi connectivity index (χ0n) is 53.9. The smallest absolute Gasteiger partial charge is 0.410 e. The summed E-state index contributed by atoms with van der Waals surface area (Å²) < 4.78 is 119. The van der Waals surface area contributed by atoms with Crippen LogP contribution in [0.1, 0.15) is 60.8 Å². The number of carboxylic acid groups (broad SMARTS) is 1. The molecule has 99 heavy (non-hydrogen) atoms. The molecule has 5 heterocycles. The van der Waals surface area contributed by atoms with E-state index in [4.69, 9.17) is 33.5 Å². The van der Waals surface area contributed by atoms with E-state index in [2.05, 4.69) is 49.2 Å². The number of nitrogens with one attached hydrogen (secondary N) is 7. The van der Waals surface area contributed by atoms with Crippen molar-refractivity contribution in [2.45, 2.75) is 110 Å². The minimum absolute atomic E-state index is 0.0156. The number of sulfonamides is 2. The summed E-state index contributed by atoms with van der Waals surface area (Å²) in [6.45, 7) is 9.24. The first-order valence-electron chi connectivity index (χ1n) is 32.1. The van der Waals surface area contributed by atoms with Crippen molar-refractivity contribution in [3.63, 3.8) is 0 Å². The molecule has 4 aromatic rings. The van der Waals surface area contributed by atoms with Gasteiger partial charge in [-0.25, -0.2) is 49.4 Å². The highest BCUT2D eigenvalue weighted by atomic mass is 32.2. The molecule has 2 aliphatic carbocycles. The highest BCUT2D eigenvalue weighted by Gasteiger charge is 2.63. The van der Waals surface area contributed by atoms with Crippen molar-refractivity contribution in [2.75, 3.05) is 89.7 Å². The summed E-state index contributed by atoms with van der Waals surface area (Å²) in [6, 6.07) is 19.4. The van der Waals surface area contributed by atoms with Crippen LogP contribution in [0.3, 0.4) is 0 Å². The fourth-order valence-electron chi connectivity index (χ4n) is 12.4. The number of benzene rings is 4. The maximum absolute atomic E-state index is 14.3. The number of amides is 7. The molecule has 8 N–H and O–H groups in total. The molecule has 7 amide bonds. The molecule has 2 saturated carbocycles. The van der Waals surface area contributed by atoms with E-state index in [1.165, 1.54) is 69.3 Å². The monoisotopic (exact) mass is 1420 g/mol. The van der Waals surface area contributed by atoms with Crippen LogP contribution in [0, 0.1) is 23.5 Å². The predicted molar refractivity (Wildman–Crippen MR) is 347 cm³/mol. The number of anilines is 2. The van der Waals surface area contributed by atoms with Crippen molar-refractivity contribution in [1.29, 1.82) is 0 Å². The summed E-state index contributed by atoms with van der Waals surface area (Å²) in [5.74, 6) is -6.69. The number of fused-ring (bicyclic) bond motifs is 4. The summed E-state index contributed by atoms with van der Waals surface area (Å²) in [5.41, 5.74) is -0.485. The highest BCUT2D eigenvalue weighted by molar-refractivity contribution is 7.90. The molecule has 5 aliphatic heterocycles. The van der Waals surface area contributed by atoms with Crippen LogP contribution >= 0.6 is 0 Å². The second-order valence-corrected chi connectivity index (χ2v) is 27.9. The van der Waals surface area contributed by atoms with Crippen LogP contribution in [0.25, 0.3) is 0 Å². The molecule has 0 radical (unpaired) electrons. The summed E-state index contributed by atoms with van der Waals surface area (Å²) in [4.78, 5) is 108. The second-order valence-electron chi connectivity index (χ2n) is 24.6. The fraction of sp³-hybridized carbons (Fsp3) is 0.455. The van der Waals surface area contributed by atoms with E-state index in [0.717, 1.165) is 0 Å². The third-order valence-electron chi connectivity index (χ3n) is 17.8. The Labute approximate surface area is 569 Å². The number of rotatable bonds is 19. The van der Waals surface area contributed by atoms with Crippen LogP contribution in [0.5, 0.6) is 0 Å². The van der Waals surface area contributed by atoms with E-state index in [-0.39, 0.29) is 145 Å². The quantitative estimate of drug-likeness (QED) is 0.0494. The Morgan fingerprint density at radius 1 is 0.768 bits per heavy atom. The van der Waals surface area contributed by atoms with Crippen LogP contribution in [-0.4, -0.2) is 199 Å². The highest BCUT2D eigenvalue weighted by Crippen LogP contribution is 2.47. The van der Waals surface area contributed by atoms with Crippen LogP contribution in [0.15, 0.2) is 120 Å². The van der Waals surface area contributed by atoms with Crippen LogP contribution in [0.4, 0.5) is 29.7 Å². The summed E-state index contributed by atoms with van der Waals surface area (Å²) in [5, 5.41) is 23.0. The largest absolute Gasteiger partial charge is 0.480 e. The molecule has 29 nitrogen and oxygen atoms in total. The van der Waals surface area contributed by atoms with Gasteiger partial charge in [-0.1, -0.05) is 60.7 Å². The van der Waals surface area contributed by atoms with E-state index in [9.17, 15) is 64.0 Å². The van der Waals surface area contributed by atoms with Gasteiger partial charge < -0.3 is 65.0 Å². The van der Waals surface area contributed by atoms with E-state index in [0.29, 0.717) is 48.3 Å². The Kier molecular flexibility index (Phi) is 23.3. The van der Waals surface area contributed by atoms with Crippen LogP contribution in [-0.2, 0) is 103 Å². The van der Waals surface area contributed by atoms with Gasteiger partial charge in [0.2, 0.25) is 17.7 Å². The van der Waals surface area contributed by atoms with Gasteiger partial charge in [-0.2, -0.15) is 0 Å². The Morgan fingerprint density at radius 3 is 2.09 bits per heavy atom. The molecular weight excluding hydrogens is 1340 g/mol. The maximum atomic E-state index is 14.3. The van der Waals surface area contributed by atoms with Gasteiger partial charge in [-0.05, 0) is 73.2 Å². The normalized spacial score (nSPS) is 24.9. The van der Waals surface area contributed by atoms with Gasteiger partial charge in [0.25, 0.3) is 31.9 Å².